The third kappa shape index (κ3) is 4.59. The molecule has 13 heteroatoms. The van der Waals surface area contributed by atoms with Crippen LogP contribution in [0.5, 0.6) is 0 Å². The van der Waals surface area contributed by atoms with Crippen LogP contribution in [0.25, 0.3) is 28.1 Å². The smallest absolute Gasteiger partial charge is 0.366 e. The highest BCUT2D eigenvalue weighted by Crippen LogP contribution is 2.35. The zero-order valence-corrected chi connectivity index (χ0v) is 18.7. The Hall–Kier alpha value is -3.84. The number of sulfonamides is 1. The quantitative estimate of drug-likeness (QED) is 0.387. The van der Waals surface area contributed by atoms with Crippen molar-refractivity contribution in [2.45, 2.75) is 24.0 Å². The number of amides is 1. The fourth-order valence-corrected chi connectivity index (χ4v) is 4.70. The van der Waals surface area contributed by atoms with Gasteiger partial charge in [0.2, 0.25) is 10.0 Å². The van der Waals surface area contributed by atoms with Crippen molar-refractivity contribution in [3.05, 3.63) is 72.3 Å². The number of carbonyl (C=O) groups is 1. The van der Waals surface area contributed by atoms with Gasteiger partial charge in [0.05, 0.1) is 22.5 Å². The summed E-state index contributed by atoms with van der Waals surface area (Å²) in [5.41, 5.74) is 6.08. The first-order chi connectivity index (χ1) is 16.4. The molecule has 3 aromatic heterocycles. The number of carbonyl (C=O) groups excluding carboxylic acids is 1. The van der Waals surface area contributed by atoms with Crippen molar-refractivity contribution in [1.29, 1.82) is 0 Å². The fraction of sp³-hybridized carbons (Fsp3) is 0.136. The summed E-state index contributed by atoms with van der Waals surface area (Å²) in [6.07, 6.45) is -2.43. The summed E-state index contributed by atoms with van der Waals surface area (Å²) < 4.78 is 80.3. The zero-order chi connectivity index (χ0) is 25.5. The van der Waals surface area contributed by atoms with E-state index in [4.69, 9.17) is 5.73 Å². The SMILES string of the molecule is C[C@H](NS(=O)(=O)c1ccc(-c2c(C(N)=O)c3cc(F)ccc3n2-c2ccccn2)nc1)C(F)(F)F. The van der Waals surface area contributed by atoms with E-state index >= 15 is 0 Å². The molecule has 0 spiro atoms. The van der Waals surface area contributed by atoms with Crippen LogP contribution in [0.2, 0.25) is 0 Å². The van der Waals surface area contributed by atoms with Crippen LogP contribution in [0.15, 0.2) is 65.8 Å². The van der Waals surface area contributed by atoms with Gasteiger partial charge < -0.3 is 5.73 Å². The summed E-state index contributed by atoms with van der Waals surface area (Å²) in [7, 11) is -4.55. The summed E-state index contributed by atoms with van der Waals surface area (Å²) in [6, 6.07) is 8.64. The number of pyridine rings is 2. The highest BCUT2D eigenvalue weighted by atomic mass is 32.2. The van der Waals surface area contributed by atoms with E-state index in [1.807, 2.05) is 0 Å². The average molecular weight is 507 g/mol. The maximum Gasteiger partial charge on any atom is 0.404 e. The van der Waals surface area contributed by atoms with Crippen molar-refractivity contribution in [3.63, 3.8) is 0 Å². The van der Waals surface area contributed by atoms with Gasteiger partial charge in [-0.3, -0.25) is 14.3 Å². The van der Waals surface area contributed by atoms with Crippen molar-refractivity contribution in [3.8, 4) is 17.2 Å². The second-order valence-corrected chi connectivity index (χ2v) is 9.25. The van der Waals surface area contributed by atoms with Gasteiger partial charge in [0, 0.05) is 17.8 Å². The molecule has 0 saturated carbocycles. The molecule has 3 N–H and O–H groups in total. The molecule has 0 unspecified atom stereocenters. The predicted molar refractivity (Wildman–Crippen MR) is 119 cm³/mol. The molecule has 0 aliphatic rings. The second-order valence-electron chi connectivity index (χ2n) is 7.54. The Balaban J connectivity index is 1.90. The minimum absolute atomic E-state index is 0.0591. The van der Waals surface area contributed by atoms with Crippen LogP contribution in [0.4, 0.5) is 17.6 Å². The lowest BCUT2D eigenvalue weighted by molar-refractivity contribution is -0.147. The minimum atomic E-state index is -4.78. The molecule has 182 valence electrons. The van der Waals surface area contributed by atoms with E-state index in [0.29, 0.717) is 18.3 Å². The number of halogens is 4. The number of fused-ring (bicyclic) bond motifs is 1. The van der Waals surface area contributed by atoms with E-state index in [-0.39, 0.29) is 22.3 Å². The van der Waals surface area contributed by atoms with Crippen molar-refractivity contribution < 1.29 is 30.8 Å². The maximum atomic E-state index is 14.1. The highest BCUT2D eigenvalue weighted by molar-refractivity contribution is 7.89. The van der Waals surface area contributed by atoms with Crippen LogP contribution >= 0.6 is 0 Å². The third-order valence-electron chi connectivity index (χ3n) is 5.17. The number of benzene rings is 1. The van der Waals surface area contributed by atoms with Gasteiger partial charge in [-0.1, -0.05) is 6.07 Å². The molecule has 0 saturated heterocycles. The van der Waals surface area contributed by atoms with E-state index in [9.17, 15) is 30.8 Å². The average Bonchev–Trinajstić information content (AvgIpc) is 3.13. The molecule has 0 aliphatic heterocycles. The van der Waals surface area contributed by atoms with E-state index in [2.05, 4.69) is 9.97 Å². The largest absolute Gasteiger partial charge is 0.404 e. The number of nitrogens with zero attached hydrogens (tertiary/aromatic N) is 3. The number of aromatic nitrogens is 3. The molecule has 1 aromatic carbocycles. The second kappa shape index (κ2) is 8.74. The summed E-state index contributed by atoms with van der Waals surface area (Å²) in [5.74, 6) is -1.18. The molecule has 4 aromatic rings. The lowest BCUT2D eigenvalue weighted by Gasteiger charge is -2.17. The normalized spacial score (nSPS) is 13.2. The topological polar surface area (TPSA) is 120 Å². The number of hydrogen-bond acceptors (Lipinski definition) is 5. The van der Waals surface area contributed by atoms with E-state index in [1.165, 1.54) is 29.0 Å². The maximum absolute atomic E-state index is 14.1. The zero-order valence-electron chi connectivity index (χ0n) is 17.9. The summed E-state index contributed by atoms with van der Waals surface area (Å²) in [4.78, 5) is 20.3. The molecule has 8 nitrogen and oxygen atoms in total. The first-order valence-electron chi connectivity index (χ1n) is 10.0. The van der Waals surface area contributed by atoms with Crippen LogP contribution < -0.4 is 10.5 Å². The number of primary amides is 1. The summed E-state index contributed by atoms with van der Waals surface area (Å²) in [6.45, 7) is 0.670. The fourth-order valence-electron chi connectivity index (χ4n) is 3.53. The van der Waals surface area contributed by atoms with Gasteiger partial charge in [0.1, 0.15) is 22.6 Å². The van der Waals surface area contributed by atoms with Gasteiger partial charge in [-0.2, -0.15) is 17.9 Å². The molecule has 3 heterocycles. The molecular formula is C22H17F4N5O3S. The lowest BCUT2D eigenvalue weighted by Crippen LogP contribution is -2.42. The van der Waals surface area contributed by atoms with Crippen molar-refractivity contribution in [2.24, 2.45) is 5.73 Å². The van der Waals surface area contributed by atoms with Crippen molar-refractivity contribution in [1.82, 2.24) is 19.3 Å². The first-order valence-corrected chi connectivity index (χ1v) is 11.5. The Kier molecular flexibility index (Phi) is 6.07. The summed E-state index contributed by atoms with van der Waals surface area (Å²) >= 11 is 0. The molecular weight excluding hydrogens is 490 g/mol. The Labute approximate surface area is 196 Å². The predicted octanol–water partition coefficient (Wildman–Crippen LogP) is 3.55. The van der Waals surface area contributed by atoms with Crippen LogP contribution in [-0.2, 0) is 10.0 Å². The van der Waals surface area contributed by atoms with Crippen LogP contribution in [0.1, 0.15) is 17.3 Å². The third-order valence-corrected chi connectivity index (χ3v) is 6.69. The standard InChI is InChI=1S/C22H17F4N5O3S/c1-12(22(24,25)26)30-35(33,34)14-6-7-16(29-11-14)20-19(21(27)32)15-10-13(23)5-8-17(15)31(20)18-4-2-3-9-28-18/h2-12,30H,1H3,(H2,27,32)/t12-/m0/s1. The molecule has 1 amide bonds. The van der Waals surface area contributed by atoms with Gasteiger partial charge in [-0.05, 0) is 49.4 Å². The van der Waals surface area contributed by atoms with Crippen LogP contribution in [-0.4, -0.2) is 41.1 Å². The van der Waals surface area contributed by atoms with Crippen molar-refractivity contribution in [2.75, 3.05) is 0 Å². The Bertz CT molecular complexity index is 1520. The molecule has 1 atom stereocenters. The number of nitrogens with two attached hydrogens (primary N) is 1. The minimum Gasteiger partial charge on any atom is -0.366 e. The van der Waals surface area contributed by atoms with E-state index < -0.39 is 38.9 Å². The molecule has 0 aliphatic carbocycles. The van der Waals surface area contributed by atoms with E-state index in [1.54, 1.807) is 22.9 Å². The molecule has 4 rings (SSSR count). The number of alkyl halides is 3. The summed E-state index contributed by atoms with van der Waals surface area (Å²) in [5, 5.41) is 0.178. The highest BCUT2D eigenvalue weighted by Gasteiger charge is 2.39. The Morgan fingerprint density at radius 2 is 1.86 bits per heavy atom. The van der Waals surface area contributed by atoms with Gasteiger partial charge in [0.25, 0.3) is 5.91 Å². The van der Waals surface area contributed by atoms with E-state index in [0.717, 1.165) is 18.3 Å². The number of hydrogen-bond donors (Lipinski definition) is 2. The molecule has 0 fully saturated rings. The van der Waals surface area contributed by atoms with Crippen LogP contribution in [0, 0.1) is 5.82 Å². The number of nitrogens with one attached hydrogen (secondary N) is 1. The van der Waals surface area contributed by atoms with Gasteiger partial charge >= 0.3 is 6.18 Å². The van der Waals surface area contributed by atoms with Crippen molar-refractivity contribution >= 4 is 26.8 Å². The monoisotopic (exact) mass is 507 g/mol. The first kappa shape index (κ1) is 24.3. The van der Waals surface area contributed by atoms with Gasteiger partial charge in [-0.25, -0.2) is 17.8 Å². The number of rotatable bonds is 6. The Morgan fingerprint density at radius 3 is 2.43 bits per heavy atom. The Morgan fingerprint density at radius 1 is 1.11 bits per heavy atom. The van der Waals surface area contributed by atoms with Gasteiger partial charge in [0.15, 0.2) is 0 Å². The van der Waals surface area contributed by atoms with Gasteiger partial charge in [-0.15, -0.1) is 0 Å². The molecule has 0 bridgehead atoms. The lowest BCUT2D eigenvalue weighted by atomic mass is 10.1. The molecule has 0 radical (unpaired) electrons. The molecule has 35 heavy (non-hydrogen) atoms. The van der Waals surface area contributed by atoms with Crippen LogP contribution in [0.3, 0.4) is 0 Å².